The van der Waals surface area contributed by atoms with Crippen molar-refractivity contribution in [2.75, 3.05) is 31.1 Å². The van der Waals surface area contributed by atoms with Gasteiger partial charge in [0.2, 0.25) is 0 Å². The molecule has 34 heavy (non-hydrogen) atoms. The van der Waals surface area contributed by atoms with Crippen molar-refractivity contribution >= 4 is 11.7 Å². The molecule has 180 valence electrons. The molecule has 2 aromatic heterocycles. The molecule has 0 bridgehead atoms. The summed E-state index contributed by atoms with van der Waals surface area (Å²) in [6, 6.07) is 4.25. The van der Waals surface area contributed by atoms with E-state index in [1.54, 1.807) is 12.3 Å². The van der Waals surface area contributed by atoms with Crippen LogP contribution in [0, 0.1) is 17.2 Å². The second-order valence-electron chi connectivity index (χ2n) is 10.2. The number of piperazine rings is 1. The second-order valence-corrected chi connectivity index (χ2v) is 10.2. The Morgan fingerprint density at radius 1 is 1.21 bits per heavy atom. The van der Waals surface area contributed by atoms with E-state index in [4.69, 9.17) is 14.1 Å². The molecule has 2 aliphatic heterocycles. The van der Waals surface area contributed by atoms with Crippen LogP contribution in [-0.2, 0) is 17.8 Å². The van der Waals surface area contributed by atoms with Crippen molar-refractivity contribution in [1.29, 1.82) is 5.26 Å². The standard InChI is InChI=1S/C27H34N4O3/c1-18(2)24-15-30(10-11-31(24)27(32)20-8-12-33-16-20)26-22(14-28)21-9-13-34-17-23(21)25(29-26)19-6-4-3-5-7-19/h8,12,16,18-19,24H,3-7,9-11,13,15,17H2,1-2H3/t24-/m0/s1. The lowest BCUT2D eigenvalue weighted by molar-refractivity contribution is 0.0598. The van der Waals surface area contributed by atoms with Gasteiger partial charge in [-0.1, -0.05) is 33.1 Å². The van der Waals surface area contributed by atoms with E-state index in [9.17, 15) is 10.1 Å². The van der Waals surface area contributed by atoms with Crippen LogP contribution in [-0.4, -0.2) is 48.1 Å². The van der Waals surface area contributed by atoms with Crippen LogP contribution in [0.3, 0.4) is 0 Å². The molecule has 4 heterocycles. The van der Waals surface area contributed by atoms with Gasteiger partial charge in [-0.3, -0.25) is 4.79 Å². The Morgan fingerprint density at radius 2 is 2.03 bits per heavy atom. The third-order valence-corrected chi connectivity index (χ3v) is 7.79. The van der Waals surface area contributed by atoms with Gasteiger partial charge in [-0.15, -0.1) is 0 Å². The van der Waals surface area contributed by atoms with Crippen molar-refractivity contribution in [1.82, 2.24) is 9.88 Å². The fourth-order valence-corrected chi connectivity index (χ4v) is 5.90. The molecular weight excluding hydrogens is 428 g/mol. The molecule has 0 unspecified atom stereocenters. The van der Waals surface area contributed by atoms with Gasteiger partial charge in [-0.25, -0.2) is 4.98 Å². The molecule has 1 atom stereocenters. The van der Waals surface area contributed by atoms with Crippen molar-refractivity contribution in [3.8, 4) is 6.07 Å². The Kier molecular flexibility index (Phi) is 6.60. The lowest BCUT2D eigenvalue weighted by Crippen LogP contribution is -2.57. The molecule has 0 aromatic carbocycles. The molecule has 7 nitrogen and oxygen atoms in total. The maximum Gasteiger partial charge on any atom is 0.257 e. The van der Waals surface area contributed by atoms with Crippen molar-refractivity contribution in [3.05, 3.63) is 46.5 Å². The minimum absolute atomic E-state index is 0.00560. The Balaban J connectivity index is 1.50. The first-order valence-electron chi connectivity index (χ1n) is 12.7. The maximum atomic E-state index is 13.2. The quantitative estimate of drug-likeness (QED) is 0.658. The first kappa shape index (κ1) is 22.9. The number of fused-ring (bicyclic) bond motifs is 1. The van der Waals surface area contributed by atoms with Gasteiger partial charge in [0.25, 0.3) is 5.91 Å². The molecule has 7 heteroatoms. The Labute approximate surface area is 201 Å². The summed E-state index contributed by atoms with van der Waals surface area (Å²) in [6.07, 6.45) is 9.91. The lowest BCUT2D eigenvalue weighted by atomic mass is 9.82. The van der Waals surface area contributed by atoms with Gasteiger partial charge in [-0.05, 0) is 36.8 Å². The van der Waals surface area contributed by atoms with Gasteiger partial charge in [-0.2, -0.15) is 5.26 Å². The predicted octanol–water partition coefficient (Wildman–Crippen LogP) is 4.65. The highest BCUT2D eigenvalue weighted by Gasteiger charge is 2.36. The minimum atomic E-state index is 0.00560. The van der Waals surface area contributed by atoms with Crippen LogP contribution in [0.25, 0.3) is 0 Å². The third-order valence-electron chi connectivity index (χ3n) is 7.79. The van der Waals surface area contributed by atoms with Gasteiger partial charge in [0.1, 0.15) is 18.2 Å². The number of ether oxygens (including phenoxy) is 1. The first-order valence-corrected chi connectivity index (χ1v) is 12.7. The number of carbonyl (C=O) groups is 1. The minimum Gasteiger partial charge on any atom is -0.472 e. The number of amides is 1. The number of nitriles is 1. The normalized spacial score (nSPS) is 21.4. The zero-order valence-electron chi connectivity index (χ0n) is 20.3. The zero-order chi connectivity index (χ0) is 23.7. The summed E-state index contributed by atoms with van der Waals surface area (Å²) in [6.45, 7) is 7.44. The average molecular weight is 463 g/mol. The van der Waals surface area contributed by atoms with Gasteiger partial charge < -0.3 is 19.0 Å². The molecule has 5 rings (SSSR count). The van der Waals surface area contributed by atoms with Crippen molar-refractivity contribution in [2.45, 2.75) is 70.9 Å². The largest absolute Gasteiger partial charge is 0.472 e. The van der Waals surface area contributed by atoms with Gasteiger partial charge in [0.05, 0.1) is 42.3 Å². The number of anilines is 1. The molecule has 0 spiro atoms. The van der Waals surface area contributed by atoms with E-state index in [1.165, 1.54) is 25.5 Å². The molecule has 0 N–H and O–H groups in total. The van der Waals surface area contributed by atoms with E-state index >= 15 is 0 Å². The monoisotopic (exact) mass is 462 g/mol. The van der Waals surface area contributed by atoms with E-state index in [-0.39, 0.29) is 17.9 Å². The summed E-state index contributed by atoms with van der Waals surface area (Å²) in [5.74, 6) is 1.53. The Morgan fingerprint density at radius 3 is 2.74 bits per heavy atom. The number of carbonyl (C=O) groups excluding carboxylic acids is 1. The Hall–Kier alpha value is -2.85. The molecule has 2 fully saturated rings. The highest BCUT2D eigenvalue weighted by atomic mass is 16.5. The van der Waals surface area contributed by atoms with Crippen molar-refractivity contribution in [3.63, 3.8) is 0 Å². The molecule has 3 aliphatic rings. The van der Waals surface area contributed by atoms with Crippen molar-refractivity contribution in [2.24, 2.45) is 5.92 Å². The van der Waals surface area contributed by atoms with Crippen molar-refractivity contribution < 1.29 is 13.9 Å². The zero-order valence-corrected chi connectivity index (χ0v) is 20.3. The second kappa shape index (κ2) is 9.79. The van der Waals surface area contributed by atoms with Crippen LogP contribution in [0.15, 0.2) is 23.0 Å². The molecule has 1 saturated heterocycles. The number of furan rings is 1. The summed E-state index contributed by atoms with van der Waals surface area (Å²) in [4.78, 5) is 22.6. The topological polar surface area (TPSA) is 82.6 Å². The number of hydrogen-bond donors (Lipinski definition) is 0. The van der Waals surface area contributed by atoms with Gasteiger partial charge in [0.15, 0.2) is 0 Å². The fraction of sp³-hybridized carbons (Fsp3) is 0.593. The van der Waals surface area contributed by atoms with E-state index in [0.29, 0.717) is 49.9 Å². The van der Waals surface area contributed by atoms with Crippen LogP contribution >= 0.6 is 0 Å². The number of hydrogen-bond acceptors (Lipinski definition) is 6. The van der Waals surface area contributed by atoms with E-state index < -0.39 is 0 Å². The molecule has 1 saturated carbocycles. The molecule has 1 aliphatic carbocycles. The molecule has 2 aromatic rings. The van der Waals surface area contributed by atoms with Crippen LogP contribution in [0.2, 0.25) is 0 Å². The van der Waals surface area contributed by atoms with Crippen LogP contribution in [0.4, 0.5) is 5.82 Å². The maximum absolute atomic E-state index is 13.2. The van der Waals surface area contributed by atoms with Crippen LogP contribution in [0.1, 0.15) is 84.6 Å². The van der Waals surface area contributed by atoms with E-state index in [0.717, 1.165) is 41.9 Å². The summed E-state index contributed by atoms with van der Waals surface area (Å²) >= 11 is 0. The number of rotatable bonds is 4. The fourth-order valence-electron chi connectivity index (χ4n) is 5.90. The van der Waals surface area contributed by atoms with Crippen LogP contribution < -0.4 is 4.90 Å². The summed E-state index contributed by atoms with van der Waals surface area (Å²) in [5, 5.41) is 10.2. The first-order chi connectivity index (χ1) is 16.6. The summed E-state index contributed by atoms with van der Waals surface area (Å²) in [5.41, 5.74) is 4.74. The molecule has 0 radical (unpaired) electrons. The molecule has 1 amide bonds. The van der Waals surface area contributed by atoms with Crippen LogP contribution in [0.5, 0.6) is 0 Å². The van der Waals surface area contributed by atoms with Gasteiger partial charge in [0, 0.05) is 31.1 Å². The number of pyridine rings is 1. The smallest absolute Gasteiger partial charge is 0.257 e. The summed E-state index contributed by atoms with van der Waals surface area (Å²) < 4.78 is 11.0. The predicted molar refractivity (Wildman–Crippen MR) is 129 cm³/mol. The van der Waals surface area contributed by atoms with Gasteiger partial charge >= 0.3 is 0 Å². The van der Waals surface area contributed by atoms with E-state index in [2.05, 4.69) is 24.8 Å². The highest BCUT2D eigenvalue weighted by Crippen LogP contribution is 2.39. The lowest BCUT2D eigenvalue weighted by Gasteiger charge is -2.44. The number of aromatic nitrogens is 1. The third kappa shape index (κ3) is 4.20. The number of nitrogens with zero attached hydrogens (tertiary/aromatic N) is 4. The highest BCUT2D eigenvalue weighted by molar-refractivity contribution is 5.94. The van der Waals surface area contributed by atoms with E-state index in [1.807, 2.05) is 4.90 Å². The molecular formula is C27H34N4O3. The SMILES string of the molecule is CC(C)[C@@H]1CN(c2nc(C3CCCCC3)c3c(c2C#N)CCOC3)CCN1C(=O)c1ccoc1. The average Bonchev–Trinajstić information content (AvgIpc) is 3.42. The Bertz CT molecular complexity index is 1070. The summed E-state index contributed by atoms with van der Waals surface area (Å²) in [7, 11) is 0.